The van der Waals surface area contributed by atoms with Gasteiger partial charge in [-0.15, -0.1) is 24.0 Å². The molecule has 1 aromatic carbocycles. The van der Waals surface area contributed by atoms with Crippen molar-refractivity contribution < 1.29 is 9.47 Å². The highest BCUT2D eigenvalue weighted by atomic mass is 127. The summed E-state index contributed by atoms with van der Waals surface area (Å²) in [5.74, 6) is 3.05. The van der Waals surface area contributed by atoms with E-state index in [1.807, 2.05) is 19.1 Å². The molecule has 1 aliphatic rings. The topological polar surface area (TPSA) is 54.9 Å². The van der Waals surface area contributed by atoms with Crippen LogP contribution in [-0.4, -0.2) is 50.4 Å². The Morgan fingerprint density at radius 2 is 2.08 bits per heavy atom. The minimum Gasteiger partial charge on any atom is -0.497 e. The van der Waals surface area contributed by atoms with Gasteiger partial charge in [-0.3, -0.25) is 0 Å². The Balaban J connectivity index is 0.00000338. The Hall–Kier alpha value is -0.670. The lowest BCUT2D eigenvalue weighted by molar-refractivity contribution is 0.145. The van der Waals surface area contributed by atoms with Crippen LogP contribution in [0.3, 0.4) is 0 Å². The number of benzene rings is 1. The van der Waals surface area contributed by atoms with Gasteiger partial charge in [0, 0.05) is 31.6 Å². The molecule has 5 nitrogen and oxygen atoms in total. The molecule has 1 unspecified atom stereocenters. The Bertz CT molecular complexity index is 508. The van der Waals surface area contributed by atoms with E-state index in [9.17, 15) is 0 Å². The van der Waals surface area contributed by atoms with Gasteiger partial charge >= 0.3 is 0 Å². The van der Waals surface area contributed by atoms with Gasteiger partial charge in [0.1, 0.15) is 5.75 Å². The van der Waals surface area contributed by atoms with E-state index in [1.165, 1.54) is 24.2 Å². The number of methoxy groups -OCH3 is 1. The number of halogens is 1. The van der Waals surface area contributed by atoms with Crippen molar-refractivity contribution in [2.45, 2.75) is 38.0 Å². The van der Waals surface area contributed by atoms with Gasteiger partial charge in [0.15, 0.2) is 5.96 Å². The quantitative estimate of drug-likeness (QED) is 0.226. The molecule has 0 amide bonds. The highest BCUT2D eigenvalue weighted by Gasteiger charge is 2.15. The number of nitrogens with one attached hydrogen (secondary N) is 2. The van der Waals surface area contributed by atoms with E-state index in [0.29, 0.717) is 11.8 Å². The van der Waals surface area contributed by atoms with Crippen molar-refractivity contribution in [1.82, 2.24) is 10.6 Å². The third-order valence-electron chi connectivity index (χ3n) is 4.06. The summed E-state index contributed by atoms with van der Waals surface area (Å²) < 4.78 is 10.6. The lowest BCUT2D eigenvalue weighted by atomic mass is 10.2. The number of rotatable bonds is 10. The zero-order chi connectivity index (χ0) is 17.7. The fourth-order valence-corrected chi connectivity index (χ4v) is 3.82. The average molecular weight is 493 g/mol. The molecule has 26 heavy (non-hydrogen) atoms. The number of aliphatic imine (C=N–C) groups is 1. The minimum absolute atomic E-state index is 0. The van der Waals surface area contributed by atoms with Gasteiger partial charge < -0.3 is 20.1 Å². The number of nitrogens with zero attached hydrogens (tertiary/aromatic N) is 1. The summed E-state index contributed by atoms with van der Waals surface area (Å²) in [5.41, 5.74) is 1.17. The van der Waals surface area contributed by atoms with Crippen LogP contribution in [0.1, 0.15) is 31.7 Å². The first-order valence-electron chi connectivity index (χ1n) is 9.16. The Morgan fingerprint density at radius 3 is 2.73 bits per heavy atom. The number of hydrogen-bond acceptors (Lipinski definition) is 4. The minimum atomic E-state index is 0. The summed E-state index contributed by atoms with van der Waals surface area (Å²) in [6.07, 6.45) is 3.61. The first kappa shape index (κ1) is 23.4. The van der Waals surface area contributed by atoms with Crippen molar-refractivity contribution in [3.8, 4) is 5.75 Å². The fraction of sp³-hybridized carbons (Fsp3) is 0.632. The maximum absolute atomic E-state index is 5.39. The van der Waals surface area contributed by atoms with Gasteiger partial charge in [-0.2, -0.15) is 11.8 Å². The van der Waals surface area contributed by atoms with E-state index in [4.69, 9.17) is 14.5 Å². The first-order valence-corrected chi connectivity index (χ1v) is 10.2. The van der Waals surface area contributed by atoms with E-state index in [0.717, 1.165) is 44.4 Å². The highest BCUT2D eigenvalue weighted by molar-refractivity contribution is 14.0. The van der Waals surface area contributed by atoms with Crippen molar-refractivity contribution in [3.05, 3.63) is 29.8 Å². The monoisotopic (exact) mass is 493 g/mol. The molecule has 1 heterocycles. The van der Waals surface area contributed by atoms with Crippen LogP contribution >= 0.6 is 35.7 Å². The molecule has 148 valence electrons. The summed E-state index contributed by atoms with van der Waals surface area (Å²) in [7, 11) is 1.68. The van der Waals surface area contributed by atoms with Crippen LogP contribution in [0, 0.1) is 0 Å². The van der Waals surface area contributed by atoms with Gasteiger partial charge in [-0.1, -0.05) is 12.1 Å². The summed E-state index contributed by atoms with van der Waals surface area (Å²) in [6, 6.07) is 8.06. The number of thioether (sulfide) groups is 1. The molecule has 0 aliphatic carbocycles. The summed E-state index contributed by atoms with van der Waals surface area (Å²) in [5, 5.41) is 7.62. The van der Waals surface area contributed by atoms with Crippen LogP contribution in [0.25, 0.3) is 0 Å². The fourth-order valence-electron chi connectivity index (χ4n) is 2.62. The van der Waals surface area contributed by atoms with Crippen LogP contribution in [0.2, 0.25) is 0 Å². The van der Waals surface area contributed by atoms with E-state index in [2.05, 4.69) is 34.5 Å². The third-order valence-corrected chi connectivity index (χ3v) is 5.46. The molecule has 1 atom stereocenters. The lowest BCUT2D eigenvalue weighted by Crippen LogP contribution is -2.40. The van der Waals surface area contributed by atoms with Gasteiger partial charge in [-0.05, 0) is 49.6 Å². The third kappa shape index (κ3) is 9.32. The molecular weight excluding hydrogens is 461 g/mol. The molecule has 2 rings (SSSR count). The maximum atomic E-state index is 5.39. The van der Waals surface area contributed by atoms with E-state index >= 15 is 0 Å². The van der Waals surface area contributed by atoms with E-state index in [1.54, 1.807) is 7.11 Å². The predicted octanol–water partition coefficient (Wildman–Crippen LogP) is 3.67. The first-order chi connectivity index (χ1) is 12.3. The number of ether oxygens (including phenoxy) is 2. The van der Waals surface area contributed by atoms with Crippen molar-refractivity contribution in [3.63, 3.8) is 0 Å². The zero-order valence-electron chi connectivity index (χ0n) is 15.8. The number of hydrogen-bond donors (Lipinski definition) is 2. The molecule has 0 saturated carbocycles. The van der Waals surface area contributed by atoms with Crippen LogP contribution in [0.15, 0.2) is 29.3 Å². The summed E-state index contributed by atoms with van der Waals surface area (Å²) in [4.78, 5) is 4.73. The van der Waals surface area contributed by atoms with Gasteiger partial charge in [0.2, 0.25) is 0 Å². The zero-order valence-corrected chi connectivity index (χ0v) is 19.0. The Labute approximate surface area is 179 Å². The second kappa shape index (κ2) is 14.4. The van der Waals surface area contributed by atoms with Gasteiger partial charge in [0.05, 0.1) is 13.7 Å². The van der Waals surface area contributed by atoms with Crippen molar-refractivity contribution in [2.24, 2.45) is 4.99 Å². The van der Waals surface area contributed by atoms with E-state index < -0.39 is 0 Å². The second-order valence-electron chi connectivity index (χ2n) is 6.01. The van der Waals surface area contributed by atoms with Crippen molar-refractivity contribution in [1.29, 1.82) is 0 Å². The summed E-state index contributed by atoms with van der Waals surface area (Å²) in [6.45, 7) is 6.08. The maximum Gasteiger partial charge on any atom is 0.191 e. The van der Waals surface area contributed by atoms with Crippen LogP contribution < -0.4 is 15.4 Å². The second-order valence-corrected chi connectivity index (χ2v) is 7.41. The molecule has 7 heteroatoms. The molecule has 1 fully saturated rings. The van der Waals surface area contributed by atoms with Crippen molar-refractivity contribution >= 4 is 41.7 Å². The number of guanidine groups is 1. The Kier molecular flexibility index (Phi) is 12.9. The molecule has 1 aliphatic heterocycles. The Morgan fingerprint density at radius 1 is 1.27 bits per heavy atom. The molecule has 0 radical (unpaired) electrons. The van der Waals surface area contributed by atoms with Crippen molar-refractivity contribution in [2.75, 3.05) is 39.2 Å². The van der Waals surface area contributed by atoms with E-state index in [-0.39, 0.29) is 24.0 Å². The highest BCUT2D eigenvalue weighted by Crippen LogP contribution is 2.25. The van der Waals surface area contributed by atoms with Crippen LogP contribution in [-0.2, 0) is 11.3 Å². The summed E-state index contributed by atoms with van der Waals surface area (Å²) >= 11 is 2.06. The predicted molar refractivity (Wildman–Crippen MR) is 122 cm³/mol. The average Bonchev–Trinajstić information content (AvgIpc) is 3.17. The largest absolute Gasteiger partial charge is 0.497 e. The van der Waals surface area contributed by atoms with Crippen LogP contribution in [0.5, 0.6) is 5.75 Å². The molecule has 1 aromatic rings. The smallest absolute Gasteiger partial charge is 0.191 e. The molecule has 2 N–H and O–H groups in total. The molecule has 0 spiro atoms. The van der Waals surface area contributed by atoms with Crippen LogP contribution in [0.4, 0.5) is 0 Å². The normalized spacial score (nSPS) is 16.8. The molecular formula is C19H32IN3O2S. The van der Waals surface area contributed by atoms with Gasteiger partial charge in [-0.25, -0.2) is 4.99 Å². The molecule has 0 aromatic heterocycles. The standard InChI is InChI=1S/C19H31N3O2S.HI/c1-3-24-12-5-11-20-19(22-15-18-6-4-13-25-18)21-14-16-7-9-17(23-2)10-8-16;/h7-10,18H,3-6,11-15H2,1-2H3,(H2,20,21,22);1H. The molecule has 1 saturated heterocycles. The lowest BCUT2D eigenvalue weighted by Gasteiger charge is -2.15. The SMILES string of the molecule is CCOCCCNC(=NCc1ccc(OC)cc1)NCC1CCCS1.I. The van der Waals surface area contributed by atoms with Gasteiger partial charge in [0.25, 0.3) is 0 Å². The molecule has 0 bridgehead atoms.